The molecule has 0 fully saturated rings. The lowest BCUT2D eigenvalue weighted by atomic mass is 10.0. The van der Waals surface area contributed by atoms with Gasteiger partial charge in [-0.25, -0.2) is 13.1 Å². The molecule has 0 aliphatic carbocycles. The Labute approximate surface area is 99.5 Å². The van der Waals surface area contributed by atoms with Crippen LogP contribution in [0.3, 0.4) is 0 Å². The standard InChI is InChI=1S/C11H25NO3S/c1-4-5-11(6-7-13)8-12-16(14,15)9-10(2)3/h10-13H,4-9H2,1-3H3. The van der Waals surface area contributed by atoms with E-state index in [1.54, 1.807) is 0 Å². The Balaban J connectivity index is 4.08. The second kappa shape index (κ2) is 8.03. The summed E-state index contributed by atoms with van der Waals surface area (Å²) in [6.45, 7) is 6.40. The van der Waals surface area contributed by atoms with Gasteiger partial charge in [-0.15, -0.1) is 0 Å². The molecule has 0 aliphatic rings. The van der Waals surface area contributed by atoms with Crippen molar-refractivity contribution in [2.24, 2.45) is 11.8 Å². The van der Waals surface area contributed by atoms with Crippen molar-refractivity contribution in [3.05, 3.63) is 0 Å². The van der Waals surface area contributed by atoms with Gasteiger partial charge < -0.3 is 5.11 Å². The zero-order valence-electron chi connectivity index (χ0n) is 10.6. The van der Waals surface area contributed by atoms with Gasteiger partial charge in [-0.2, -0.15) is 0 Å². The minimum Gasteiger partial charge on any atom is -0.396 e. The molecule has 0 amide bonds. The van der Waals surface area contributed by atoms with Gasteiger partial charge in [-0.1, -0.05) is 27.2 Å². The largest absolute Gasteiger partial charge is 0.396 e. The van der Waals surface area contributed by atoms with Crippen molar-refractivity contribution in [2.45, 2.75) is 40.0 Å². The van der Waals surface area contributed by atoms with E-state index in [0.29, 0.717) is 13.0 Å². The van der Waals surface area contributed by atoms with E-state index >= 15 is 0 Å². The van der Waals surface area contributed by atoms with E-state index < -0.39 is 10.0 Å². The summed E-state index contributed by atoms with van der Waals surface area (Å²) in [6.07, 6.45) is 2.62. The maximum Gasteiger partial charge on any atom is 0.211 e. The first-order valence-electron chi connectivity index (χ1n) is 5.99. The molecule has 0 radical (unpaired) electrons. The second-order valence-corrected chi connectivity index (χ2v) is 6.54. The highest BCUT2D eigenvalue weighted by Crippen LogP contribution is 2.10. The zero-order valence-corrected chi connectivity index (χ0v) is 11.4. The predicted molar refractivity (Wildman–Crippen MR) is 66.7 cm³/mol. The zero-order chi connectivity index (χ0) is 12.6. The molecule has 1 atom stereocenters. The van der Waals surface area contributed by atoms with Gasteiger partial charge in [0.15, 0.2) is 0 Å². The van der Waals surface area contributed by atoms with Crippen LogP contribution in [0.5, 0.6) is 0 Å². The minimum atomic E-state index is -3.14. The quantitative estimate of drug-likeness (QED) is 0.650. The maximum atomic E-state index is 11.6. The first-order valence-corrected chi connectivity index (χ1v) is 7.64. The van der Waals surface area contributed by atoms with Crippen molar-refractivity contribution < 1.29 is 13.5 Å². The summed E-state index contributed by atoms with van der Waals surface area (Å²) in [5.74, 6) is 0.558. The summed E-state index contributed by atoms with van der Waals surface area (Å²) in [7, 11) is -3.14. The highest BCUT2D eigenvalue weighted by atomic mass is 32.2. The topological polar surface area (TPSA) is 66.4 Å². The van der Waals surface area contributed by atoms with E-state index in [4.69, 9.17) is 5.11 Å². The summed E-state index contributed by atoms with van der Waals surface area (Å²) in [5.41, 5.74) is 0. The van der Waals surface area contributed by atoms with E-state index in [-0.39, 0.29) is 24.2 Å². The van der Waals surface area contributed by atoms with Gasteiger partial charge in [-0.3, -0.25) is 0 Å². The fraction of sp³-hybridized carbons (Fsp3) is 1.00. The molecule has 5 heteroatoms. The molecule has 0 aromatic heterocycles. The SMILES string of the molecule is CCCC(CCO)CNS(=O)(=O)CC(C)C. The summed E-state index contributed by atoms with van der Waals surface area (Å²) in [4.78, 5) is 0. The Morgan fingerprint density at radius 1 is 1.25 bits per heavy atom. The Morgan fingerprint density at radius 3 is 2.31 bits per heavy atom. The summed E-state index contributed by atoms with van der Waals surface area (Å²) < 4.78 is 25.8. The summed E-state index contributed by atoms with van der Waals surface area (Å²) in [5, 5.41) is 8.86. The van der Waals surface area contributed by atoms with E-state index in [9.17, 15) is 8.42 Å². The molecule has 16 heavy (non-hydrogen) atoms. The summed E-state index contributed by atoms with van der Waals surface area (Å²) >= 11 is 0. The number of hydrogen-bond acceptors (Lipinski definition) is 3. The lowest BCUT2D eigenvalue weighted by Crippen LogP contribution is -2.33. The van der Waals surface area contributed by atoms with E-state index in [1.807, 2.05) is 13.8 Å². The van der Waals surface area contributed by atoms with Crippen LogP contribution in [0.4, 0.5) is 0 Å². The third-order valence-electron chi connectivity index (χ3n) is 2.38. The fourth-order valence-electron chi connectivity index (χ4n) is 1.68. The molecule has 1 unspecified atom stereocenters. The van der Waals surface area contributed by atoms with Gasteiger partial charge in [0.1, 0.15) is 0 Å². The third kappa shape index (κ3) is 8.07. The number of aliphatic hydroxyl groups is 1. The van der Waals surface area contributed by atoms with Crippen LogP contribution in [0.25, 0.3) is 0 Å². The highest BCUT2D eigenvalue weighted by Gasteiger charge is 2.15. The summed E-state index contributed by atoms with van der Waals surface area (Å²) in [6, 6.07) is 0. The van der Waals surface area contributed by atoms with Crippen molar-refractivity contribution in [1.82, 2.24) is 4.72 Å². The fourth-order valence-corrected chi connectivity index (χ4v) is 3.17. The molecule has 0 spiro atoms. The van der Waals surface area contributed by atoms with Crippen LogP contribution in [0.1, 0.15) is 40.0 Å². The number of aliphatic hydroxyl groups excluding tert-OH is 1. The molecule has 0 aliphatic heterocycles. The highest BCUT2D eigenvalue weighted by molar-refractivity contribution is 7.89. The van der Waals surface area contributed by atoms with Gasteiger partial charge >= 0.3 is 0 Å². The molecule has 2 N–H and O–H groups in total. The van der Waals surface area contributed by atoms with Crippen LogP contribution in [-0.2, 0) is 10.0 Å². The van der Waals surface area contributed by atoms with E-state index in [1.165, 1.54) is 0 Å². The first-order chi connectivity index (χ1) is 7.41. The average Bonchev–Trinajstić information content (AvgIpc) is 2.13. The lowest BCUT2D eigenvalue weighted by Gasteiger charge is -2.16. The van der Waals surface area contributed by atoms with Crippen molar-refractivity contribution in [3.8, 4) is 0 Å². The second-order valence-electron chi connectivity index (χ2n) is 4.69. The van der Waals surface area contributed by atoms with Crippen molar-refractivity contribution >= 4 is 10.0 Å². The Kier molecular flexibility index (Phi) is 7.97. The monoisotopic (exact) mass is 251 g/mol. The molecule has 0 aromatic carbocycles. The number of rotatable bonds is 9. The molecule has 0 saturated carbocycles. The van der Waals surface area contributed by atoms with Crippen molar-refractivity contribution in [1.29, 1.82) is 0 Å². The lowest BCUT2D eigenvalue weighted by molar-refractivity contribution is 0.251. The molecular formula is C11H25NO3S. The van der Waals surface area contributed by atoms with Crippen LogP contribution in [0, 0.1) is 11.8 Å². The number of sulfonamides is 1. The van der Waals surface area contributed by atoms with Crippen LogP contribution < -0.4 is 4.72 Å². The Morgan fingerprint density at radius 2 is 1.88 bits per heavy atom. The predicted octanol–water partition coefficient (Wildman–Crippen LogP) is 1.36. The van der Waals surface area contributed by atoms with Crippen molar-refractivity contribution in [2.75, 3.05) is 18.9 Å². The molecule has 0 aromatic rings. The molecule has 0 heterocycles. The Bertz CT molecular complexity index is 256. The van der Waals surface area contributed by atoms with Gasteiger partial charge in [0.05, 0.1) is 5.75 Å². The molecule has 0 rings (SSSR count). The van der Waals surface area contributed by atoms with Crippen molar-refractivity contribution in [3.63, 3.8) is 0 Å². The average molecular weight is 251 g/mol. The van der Waals surface area contributed by atoms with Crippen LogP contribution >= 0.6 is 0 Å². The maximum absolute atomic E-state index is 11.6. The minimum absolute atomic E-state index is 0.122. The van der Waals surface area contributed by atoms with Crippen LogP contribution in [0.2, 0.25) is 0 Å². The van der Waals surface area contributed by atoms with Gasteiger partial charge in [-0.05, 0) is 24.7 Å². The molecule has 0 saturated heterocycles. The van der Waals surface area contributed by atoms with Gasteiger partial charge in [0.25, 0.3) is 0 Å². The molecule has 0 bridgehead atoms. The third-order valence-corrected chi connectivity index (χ3v) is 4.09. The van der Waals surface area contributed by atoms with E-state index in [2.05, 4.69) is 11.6 Å². The van der Waals surface area contributed by atoms with Crippen LogP contribution in [-0.4, -0.2) is 32.4 Å². The van der Waals surface area contributed by atoms with E-state index in [0.717, 1.165) is 12.8 Å². The van der Waals surface area contributed by atoms with Crippen LogP contribution in [0.15, 0.2) is 0 Å². The van der Waals surface area contributed by atoms with Gasteiger partial charge in [0, 0.05) is 13.2 Å². The number of nitrogens with one attached hydrogen (secondary N) is 1. The first kappa shape index (κ1) is 15.9. The molecule has 98 valence electrons. The Hall–Kier alpha value is -0.130. The van der Waals surface area contributed by atoms with Gasteiger partial charge in [0.2, 0.25) is 10.0 Å². The normalized spacial score (nSPS) is 14.3. The molecule has 4 nitrogen and oxygen atoms in total. The smallest absolute Gasteiger partial charge is 0.211 e. The number of hydrogen-bond donors (Lipinski definition) is 2. The molecular weight excluding hydrogens is 226 g/mol.